The number of H-pyrrole nitrogens is 1. The predicted octanol–water partition coefficient (Wildman–Crippen LogP) is 3.18. The molecule has 0 saturated heterocycles. The fourth-order valence-corrected chi connectivity index (χ4v) is 2.72. The van der Waals surface area contributed by atoms with Crippen LogP contribution in [0.5, 0.6) is 0 Å². The largest absolute Gasteiger partial charge is 0.341 e. The first kappa shape index (κ1) is 12.3. The highest BCUT2D eigenvalue weighted by Crippen LogP contribution is 2.16. The van der Waals surface area contributed by atoms with E-state index in [4.69, 9.17) is 0 Å². The van der Waals surface area contributed by atoms with Crippen LogP contribution in [0, 0.1) is 6.92 Å². The van der Waals surface area contributed by atoms with E-state index in [1.807, 2.05) is 31.2 Å². The molecule has 3 aromatic rings. The second-order valence-electron chi connectivity index (χ2n) is 4.62. The van der Waals surface area contributed by atoms with Crippen LogP contribution in [0.4, 0.5) is 0 Å². The van der Waals surface area contributed by atoms with Crippen molar-refractivity contribution in [1.29, 1.82) is 0 Å². The van der Waals surface area contributed by atoms with Gasteiger partial charge in [0, 0.05) is 17.6 Å². The highest BCUT2D eigenvalue weighted by molar-refractivity contribution is 7.09. The maximum Gasteiger partial charge on any atom is 0.124 e. The molecular weight excluding hydrogens is 256 g/mol. The lowest BCUT2D eigenvalue weighted by molar-refractivity contribution is 0.551. The van der Waals surface area contributed by atoms with Gasteiger partial charge in [-0.3, -0.25) is 0 Å². The quantitative estimate of drug-likeness (QED) is 0.767. The summed E-state index contributed by atoms with van der Waals surface area (Å²) in [5.74, 6) is 0.967. The summed E-state index contributed by atoms with van der Waals surface area (Å²) in [5, 5.41) is 6.63. The maximum absolute atomic E-state index is 4.60. The summed E-state index contributed by atoms with van der Waals surface area (Å²) in [6.07, 6.45) is 0. The first-order valence-electron chi connectivity index (χ1n) is 6.31. The summed E-state index contributed by atoms with van der Waals surface area (Å²) >= 11 is 1.69. The third kappa shape index (κ3) is 2.67. The molecular formula is C14H16N4S. The maximum atomic E-state index is 4.60. The van der Waals surface area contributed by atoms with Gasteiger partial charge in [0.05, 0.1) is 17.1 Å². The molecule has 0 bridgehead atoms. The van der Waals surface area contributed by atoms with Crippen LogP contribution in [0.1, 0.15) is 29.5 Å². The zero-order valence-corrected chi connectivity index (χ0v) is 11.8. The molecule has 0 saturated carbocycles. The Morgan fingerprint density at radius 3 is 2.89 bits per heavy atom. The third-order valence-corrected chi connectivity index (χ3v) is 4.01. The second kappa shape index (κ2) is 5.11. The van der Waals surface area contributed by atoms with Gasteiger partial charge in [-0.2, -0.15) is 0 Å². The van der Waals surface area contributed by atoms with Gasteiger partial charge in [-0.15, -0.1) is 11.3 Å². The summed E-state index contributed by atoms with van der Waals surface area (Å²) in [7, 11) is 0. The van der Waals surface area contributed by atoms with Gasteiger partial charge >= 0.3 is 0 Å². The molecule has 0 aliphatic heterocycles. The number of nitrogens with one attached hydrogen (secondary N) is 2. The van der Waals surface area contributed by atoms with Crippen molar-refractivity contribution in [2.75, 3.05) is 0 Å². The van der Waals surface area contributed by atoms with Crippen LogP contribution in [0.15, 0.2) is 29.6 Å². The van der Waals surface area contributed by atoms with Crippen molar-refractivity contribution < 1.29 is 0 Å². The molecule has 4 nitrogen and oxygen atoms in total. The van der Waals surface area contributed by atoms with Gasteiger partial charge in [-0.25, -0.2) is 9.97 Å². The summed E-state index contributed by atoms with van der Waals surface area (Å²) < 4.78 is 0. The zero-order valence-electron chi connectivity index (χ0n) is 11.0. The Hall–Kier alpha value is -1.72. The molecule has 0 aliphatic carbocycles. The zero-order chi connectivity index (χ0) is 13.2. The van der Waals surface area contributed by atoms with Gasteiger partial charge in [-0.05, 0) is 26.0 Å². The first-order chi connectivity index (χ1) is 9.22. The minimum absolute atomic E-state index is 0.177. The second-order valence-corrected chi connectivity index (χ2v) is 5.57. The van der Waals surface area contributed by atoms with Gasteiger partial charge in [0.15, 0.2) is 0 Å². The van der Waals surface area contributed by atoms with Gasteiger partial charge in [0.25, 0.3) is 0 Å². The molecule has 1 aromatic carbocycles. The van der Waals surface area contributed by atoms with Crippen LogP contribution >= 0.6 is 11.3 Å². The lowest BCUT2D eigenvalue weighted by Gasteiger charge is -2.09. The SMILES string of the molecule is Cc1csc(CNC(C)c2nc3ccccc3[nH]2)n1. The van der Waals surface area contributed by atoms with Crippen molar-refractivity contribution in [3.63, 3.8) is 0 Å². The monoisotopic (exact) mass is 272 g/mol. The first-order valence-corrected chi connectivity index (χ1v) is 7.19. The van der Waals surface area contributed by atoms with E-state index >= 15 is 0 Å². The molecule has 0 fully saturated rings. The normalized spacial score (nSPS) is 12.9. The van der Waals surface area contributed by atoms with E-state index in [1.54, 1.807) is 11.3 Å². The van der Waals surface area contributed by atoms with Crippen molar-refractivity contribution in [3.05, 3.63) is 46.2 Å². The Bertz CT molecular complexity index is 652. The number of imidazole rings is 1. The minimum atomic E-state index is 0.177. The lowest BCUT2D eigenvalue weighted by Crippen LogP contribution is -2.19. The van der Waals surface area contributed by atoms with Crippen LogP contribution < -0.4 is 5.32 Å². The Labute approximate surface area is 115 Å². The van der Waals surface area contributed by atoms with E-state index < -0.39 is 0 Å². The van der Waals surface area contributed by atoms with E-state index in [0.29, 0.717) is 0 Å². The summed E-state index contributed by atoms with van der Waals surface area (Å²) in [4.78, 5) is 12.4. The van der Waals surface area contributed by atoms with Gasteiger partial charge < -0.3 is 10.3 Å². The molecule has 0 radical (unpaired) electrons. The third-order valence-electron chi connectivity index (χ3n) is 3.04. The Morgan fingerprint density at radius 2 is 2.16 bits per heavy atom. The topological polar surface area (TPSA) is 53.6 Å². The summed E-state index contributed by atoms with van der Waals surface area (Å²) in [6, 6.07) is 8.26. The molecule has 2 aromatic heterocycles. The number of aromatic amines is 1. The molecule has 2 N–H and O–H groups in total. The van der Waals surface area contributed by atoms with E-state index in [0.717, 1.165) is 34.1 Å². The van der Waals surface area contributed by atoms with Crippen LogP contribution in [0.2, 0.25) is 0 Å². The minimum Gasteiger partial charge on any atom is -0.341 e. The Balaban J connectivity index is 1.71. The molecule has 5 heteroatoms. The highest BCUT2D eigenvalue weighted by Gasteiger charge is 2.10. The number of hydrogen-bond acceptors (Lipinski definition) is 4. The molecule has 1 unspecified atom stereocenters. The molecule has 0 aliphatic rings. The predicted molar refractivity (Wildman–Crippen MR) is 78.2 cm³/mol. The van der Waals surface area contributed by atoms with Crippen LogP contribution in [0.3, 0.4) is 0 Å². The summed E-state index contributed by atoms with van der Waals surface area (Å²) in [5.41, 5.74) is 3.17. The number of aromatic nitrogens is 3. The van der Waals surface area contributed by atoms with E-state index in [2.05, 4.69) is 32.6 Å². The molecule has 0 spiro atoms. The van der Waals surface area contributed by atoms with Crippen molar-refractivity contribution in [2.45, 2.75) is 26.4 Å². The Kier molecular flexibility index (Phi) is 3.31. The molecule has 19 heavy (non-hydrogen) atoms. The van der Waals surface area contributed by atoms with Crippen molar-refractivity contribution in [1.82, 2.24) is 20.3 Å². The van der Waals surface area contributed by atoms with Crippen LogP contribution in [-0.2, 0) is 6.54 Å². The van der Waals surface area contributed by atoms with Gasteiger partial charge in [0.2, 0.25) is 0 Å². The van der Waals surface area contributed by atoms with Gasteiger partial charge in [0.1, 0.15) is 10.8 Å². The number of benzene rings is 1. The number of fused-ring (bicyclic) bond motifs is 1. The smallest absolute Gasteiger partial charge is 0.124 e. The molecule has 2 heterocycles. The fraction of sp³-hybridized carbons (Fsp3) is 0.286. The number of nitrogens with zero attached hydrogens (tertiary/aromatic N) is 2. The molecule has 98 valence electrons. The van der Waals surface area contributed by atoms with E-state index in [1.165, 1.54) is 0 Å². The average molecular weight is 272 g/mol. The number of thiazole rings is 1. The van der Waals surface area contributed by atoms with Crippen molar-refractivity contribution >= 4 is 22.4 Å². The summed E-state index contributed by atoms with van der Waals surface area (Å²) in [6.45, 7) is 4.90. The van der Waals surface area contributed by atoms with Crippen molar-refractivity contribution in [2.24, 2.45) is 0 Å². The van der Waals surface area contributed by atoms with Crippen molar-refractivity contribution in [3.8, 4) is 0 Å². The van der Waals surface area contributed by atoms with Crippen LogP contribution in [0.25, 0.3) is 11.0 Å². The standard InChI is InChI=1S/C14H16N4S/c1-9-8-19-13(16-9)7-15-10(2)14-17-11-5-3-4-6-12(11)18-14/h3-6,8,10,15H,7H2,1-2H3,(H,17,18). The van der Waals surface area contributed by atoms with E-state index in [9.17, 15) is 0 Å². The highest BCUT2D eigenvalue weighted by atomic mass is 32.1. The van der Waals surface area contributed by atoms with Crippen LogP contribution in [-0.4, -0.2) is 15.0 Å². The number of aryl methyl sites for hydroxylation is 1. The number of rotatable bonds is 4. The molecule has 3 rings (SSSR count). The molecule has 1 atom stereocenters. The fourth-order valence-electron chi connectivity index (χ4n) is 2.00. The Morgan fingerprint density at radius 1 is 1.32 bits per heavy atom. The van der Waals surface area contributed by atoms with Gasteiger partial charge in [-0.1, -0.05) is 12.1 Å². The number of hydrogen-bond donors (Lipinski definition) is 2. The number of para-hydroxylation sites is 2. The average Bonchev–Trinajstić information content (AvgIpc) is 3.01. The molecule has 0 amide bonds. The van der Waals surface area contributed by atoms with E-state index in [-0.39, 0.29) is 6.04 Å². The lowest BCUT2D eigenvalue weighted by atomic mass is 10.3.